The minimum absolute atomic E-state index is 1.03. The van der Waals surface area contributed by atoms with Crippen LogP contribution in [0.5, 0.6) is 0 Å². The fraction of sp³-hybridized carbons (Fsp3) is 1.00. The summed E-state index contributed by atoms with van der Waals surface area (Å²) in [5, 5.41) is 0. The van der Waals surface area contributed by atoms with Crippen molar-refractivity contribution < 1.29 is 0 Å². The first-order chi connectivity index (χ1) is 5.33. The van der Waals surface area contributed by atoms with Crippen LogP contribution in [0.4, 0.5) is 0 Å². The van der Waals surface area contributed by atoms with E-state index in [4.69, 9.17) is 0 Å². The summed E-state index contributed by atoms with van der Waals surface area (Å²) < 4.78 is 0. The molecule has 0 aromatic rings. The Morgan fingerprint density at radius 1 is 1.27 bits per heavy atom. The number of hydrogen-bond donors (Lipinski definition) is 0. The summed E-state index contributed by atoms with van der Waals surface area (Å²) in [4.78, 5) is 2.47. The highest BCUT2D eigenvalue weighted by Crippen LogP contribution is 2.20. The van der Waals surface area contributed by atoms with Crippen LogP contribution in [-0.4, -0.2) is 25.0 Å². The van der Waals surface area contributed by atoms with E-state index in [2.05, 4.69) is 18.9 Å². The molecular weight excluding hydrogens is 134 g/mol. The molecule has 0 bridgehead atoms. The van der Waals surface area contributed by atoms with E-state index in [9.17, 15) is 0 Å². The number of likely N-dealkylation sites (tertiary alicyclic amines) is 1. The first-order valence-electron chi connectivity index (χ1n) is 5.01. The highest BCUT2D eigenvalue weighted by molar-refractivity contribution is 4.67. The summed E-state index contributed by atoms with van der Waals surface area (Å²) in [5.74, 6) is 1.03. The predicted octanol–water partition coefficient (Wildman–Crippen LogP) is 2.52. The standard InChI is InChI=1S/C10H21N/c1-3-5-10-6-4-8-11(2)9-7-10/h10H,3-9H2,1-2H3. The molecule has 1 aliphatic rings. The Hall–Kier alpha value is -0.0400. The van der Waals surface area contributed by atoms with Crippen molar-refractivity contribution >= 4 is 0 Å². The Balaban J connectivity index is 2.22. The third-order valence-corrected chi connectivity index (χ3v) is 2.77. The molecule has 1 heterocycles. The minimum Gasteiger partial charge on any atom is -0.306 e. The topological polar surface area (TPSA) is 3.24 Å². The summed E-state index contributed by atoms with van der Waals surface area (Å²) >= 11 is 0. The van der Waals surface area contributed by atoms with E-state index in [-0.39, 0.29) is 0 Å². The largest absolute Gasteiger partial charge is 0.306 e. The second kappa shape index (κ2) is 4.76. The SMILES string of the molecule is CCCC1CCCN(C)CC1. The van der Waals surface area contributed by atoms with Crippen LogP contribution in [0.1, 0.15) is 39.0 Å². The van der Waals surface area contributed by atoms with Crippen molar-refractivity contribution in [3.8, 4) is 0 Å². The summed E-state index contributed by atoms with van der Waals surface area (Å²) in [7, 11) is 2.24. The van der Waals surface area contributed by atoms with Crippen molar-refractivity contribution in [2.75, 3.05) is 20.1 Å². The molecule has 0 aliphatic carbocycles. The van der Waals surface area contributed by atoms with Crippen molar-refractivity contribution in [2.24, 2.45) is 5.92 Å². The summed E-state index contributed by atoms with van der Waals surface area (Å²) in [6.07, 6.45) is 7.14. The van der Waals surface area contributed by atoms with Crippen LogP contribution in [-0.2, 0) is 0 Å². The predicted molar refractivity (Wildman–Crippen MR) is 49.7 cm³/mol. The normalized spacial score (nSPS) is 28.4. The maximum Gasteiger partial charge on any atom is -0.00191 e. The zero-order chi connectivity index (χ0) is 8.10. The van der Waals surface area contributed by atoms with E-state index in [1.807, 2.05) is 0 Å². The van der Waals surface area contributed by atoms with Crippen molar-refractivity contribution in [2.45, 2.75) is 39.0 Å². The lowest BCUT2D eigenvalue weighted by molar-refractivity contribution is 0.338. The molecule has 0 radical (unpaired) electrons. The van der Waals surface area contributed by atoms with Crippen molar-refractivity contribution in [3.05, 3.63) is 0 Å². The zero-order valence-corrected chi connectivity index (χ0v) is 7.97. The Morgan fingerprint density at radius 2 is 2.09 bits per heavy atom. The molecule has 0 aromatic heterocycles. The molecular formula is C10H21N. The molecule has 1 saturated heterocycles. The van der Waals surface area contributed by atoms with Crippen LogP contribution in [0.2, 0.25) is 0 Å². The van der Waals surface area contributed by atoms with Gasteiger partial charge in [0, 0.05) is 0 Å². The first-order valence-corrected chi connectivity index (χ1v) is 5.01. The van der Waals surface area contributed by atoms with Crippen LogP contribution < -0.4 is 0 Å². The molecule has 1 rings (SSSR count). The van der Waals surface area contributed by atoms with Gasteiger partial charge in [-0.3, -0.25) is 0 Å². The molecule has 11 heavy (non-hydrogen) atoms. The molecule has 1 heteroatoms. The van der Waals surface area contributed by atoms with Crippen LogP contribution in [0.25, 0.3) is 0 Å². The Morgan fingerprint density at radius 3 is 2.82 bits per heavy atom. The van der Waals surface area contributed by atoms with Crippen molar-refractivity contribution in [1.82, 2.24) is 4.90 Å². The molecule has 1 fully saturated rings. The fourth-order valence-corrected chi connectivity index (χ4v) is 2.01. The Kier molecular flexibility index (Phi) is 3.92. The van der Waals surface area contributed by atoms with Crippen molar-refractivity contribution in [3.63, 3.8) is 0 Å². The number of rotatable bonds is 2. The molecule has 1 atom stereocenters. The lowest BCUT2D eigenvalue weighted by atomic mass is 9.96. The van der Waals surface area contributed by atoms with Gasteiger partial charge in [-0.2, -0.15) is 0 Å². The van der Waals surface area contributed by atoms with Crippen LogP contribution in [0, 0.1) is 5.92 Å². The van der Waals surface area contributed by atoms with Crippen LogP contribution in [0.15, 0.2) is 0 Å². The molecule has 1 unspecified atom stereocenters. The molecule has 0 saturated carbocycles. The Bertz CT molecular complexity index is 101. The summed E-state index contributed by atoms with van der Waals surface area (Å²) in [6.45, 7) is 4.94. The average Bonchev–Trinajstić information content (AvgIpc) is 2.17. The van der Waals surface area contributed by atoms with E-state index < -0.39 is 0 Å². The summed E-state index contributed by atoms with van der Waals surface area (Å²) in [5.41, 5.74) is 0. The lowest BCUT2D eigenvalue weighted by Gasteiger charge is -2.13. The van der Waals surface area contributed by atoms with Crippen LogP contribution in [0.3, 0.4) is 0 Å². The second-order valence-electron chi connectivity index (χ2n) is 3.89. The van der Waals surface area contributed by atoms with E-state index in [0.717, 1.165) is 5.92 Å². The maximum absolute atomic E-state index is 2.47. The van der Waals surface area contributed by atoms with Gasteiger partial charge in [-0.25, -0.2) is 0 Å². The lowest BCUT2D eigenvalue weighted by Crippen LogP contribution is -2.18. The number of nitrogens with zero attached hydrogens (tertiary/aromatic N) is 1. The van der Waals surface area contributed by atoms with Gasteiger partial charge in [0.2, 0.25) is 0 Å². The molecule has 0 aromatic carbocycles. The molecule has 1 aliphatic heterocycles. The monoisotopic (exact) mass is 155 g/mol. The molecule has 1 nitrogen and oxygen atoms in total. The van der Waals surface area contributed by atoms with E-state index in [1.165, 1.54) is 45.2 Å². The smallest absolute Gasteiger partial charge is 0.00191 e. The molecule has 0 N–H and O–H groups in total. The van der Waals surface area contributed by atoms with E-state index in [0.29, 0.717) is 0 Å². The molecule has 0 spiro atoms. The highest BCUT2D eigenvalue weighted by Gasteiger charge is 2.12. The third-order valence-electron chi connectivity index (χ3n) is 2.77. The van der Waals surface area contributed by atoms with Gasteiger partial charge in [-0.05, 0) is 45.3 Å². The van der Waals surface area contributed by atoms with Gasteiger partial charge in [0.05, 0.1) is 0 Å². The zero-order valence-electron chi connectivity index (χ0n) is 7.97. The van der Waals surface area contributed by atoms with Gasteiger partial charge >= 0.3 is 0 Å². The fourth-order valence-electron chi connectivity index (χ4n) is 2.01. The maximum atomic E-state index is 2.47. The van der Waals surface area contributed by atoms with Gasteiger partial charge < -0.3 is 4.90 Å². The first kappa shape index (κ1) is 9.05. The van der Waals surface area contributed by atoms with Gasteiger partial charge in [0.25, 0.3) is 0 Å². The highest BCUT2D eigenvalue weighted by atomic mass is 15.1. The van der Waals surface area contributed by atoms with Gasteiger partial charge in [0.1, 0.15) is 0 Å². The third kappa shape index (κ3) is 3.24. The van der Waals surface area contributed by atoms with Gasteiger partial charge in [0.15, 0.2) is 0 Å². The summed E-state index contributed by atoms with van der Waals surface area (Å²) in [6, 6.07) is 0. The van der Waals surface area contributed by atoms with E-state index in [1.54, 1.807) is 0 Å². The van der Waals surface area contributed by atoms with Crippen molar-refractivity contribution in [1.29, 1.82) is 0 Å². The Labute approximate surface area is 70.8 Å². The molecule has 0 amide bonds. The average molecular weight is 155 g/mol. The van der Waals surface area contributed by atoms with Gasteiger partial charge in [-0.1, -0.05) is 19.8 Å². The van der Waals surface area contributed by atoms with Gasteiger partial charge in [-0.15, -0.1) is 0 Å². The number of hydrogen-bond acceptors (Lipinski definition) is 1. The second-order valence-corrected chi connectivity index (χ2v) is 3.89. The minimum atomic E-state index is 1.03. The van der Waals surface area contributed by atoms with E-state index >= 15 is 0 Å². The quantitative estimate of drug-likeness (QED) is 0.592. The molecule has 66 valence electrons. The van der Waals surface area contributed by atoms with Crippen LogP contribution >= 0.6 is 0 Å².